The lowest BCUT2D eigenvalue weighted by Gasteiger charge is -2.21. The Balaban J connectivity index is 2.45. The lowest BCUT2D eigenvalue weighted by Crippen LogP contribution is -2.36. The topological polar surface area (TPSA) is 43.6 Å². The van der Waals surface area contributed by atoms with Gasteiger partial charge in [0.1, 0.15) is 5.76 Å². The first kappa shape index (κ1) is 13.2. The number of furan rings is 1. The molecule has 0 amide bonds. The molecule has 0 aliphatic heterocycles. The Labute approximate surface area is 96.9 Å². The van der Waals surface area contributed by atoms with E-state index in [4.69, 9.17) is 13.9 Å². The monoisotopic (exact) mass is 227 g/mol. The number of methoxy groups -OCH3 is 1. The normalized spacial score (nSPS) is 14.9. The van der Waals surface area contributed by atoms with E-state index in [-0.39, 0.29) is 12.1 Å². The van der Waals surface area contributed by atoms with Gasteiger partial charge in [-0.3, -0.25) is 0 Å². The van der Waals surface area contributed by atoms with Gasteiger partial charge in [0, 0.05) is 19.8 Å². The fourth-order valence-corrected chi connectivity index (χ4v) is 1.55. The molecule has 0 spiro atoms. The Morgan fingerprint density at radius 3 is 2.81 bits per heavy atom. The molecule has 2 atom stereocenters. The highest BCUT2D eigenvalue weighted by Crippen LogP contribution is 2.14. The molecule has 4 heteroatoms. The van der Waals surface area contributed by atoms with Crippen molar-refractivity contribution in [2.45, 2.75) is 25.9 Å². The first-order chi connectivity index (χ1) is 7.77. The van der Waals surface area contributed by atoms with Crippen LogP contribution in [0.1, 0.15) is 25.6 Å². The van der Waals surface area contributed by atoms with Crippen LogP contribution in [0.4, 0.5) is 0 Å². The minimum atomic E-state index is 0.0791. The molecule has 16 heavy (non-hydrogen) atoms. The van der Waals surface area contributed by atoms with E-state index in [2.05, 4.69) is 12.2 Å². The first-order valence-corrected chi connectivity index (χ1v) is 5.64. The molecule has 1 N–H and O–H groups in total. The van der Waals surface area contributed by atoms with Crippen LogP contribution in [0.2, 0.25) is 0 Å². The van der Waals surface area contributed by atoms with Crippen LogP contribution in [0, 0.1) is 0 Å². The summed E-state index contributed by atoms with van der Waals surface area (Å²) in [7, 11) is 1.69. The average molecular weight is 227 g/mol. The molecule has 1 rings (SSSR count). The Kier molecular flexibility index (Phi) is 6.15. The van der Waals surface area contributed by atoms with Crippen molar-refractivity contribution in [1.29, 1.82) is 0 Å². The predicted molar refractivity (Wildman–Crippen MR) is 62.4 cm³/mol. The summed E-state index contributed by atoms with van der Waals surface area (Å²) in [5.74, 6) is 0.894. The van der Waals surface area contributed by atoms with Gasteiger partial charge in [-0.1, -0.05) is 0 Å². The van der Waals surface area contributed by atoms with E-state index in [1.807, 2.05) is 19.1 Å². The van der Waals surface area contributed by atoms with Crippen molar-refractivity contribution in [3.8, 4) is 0 Å². The molecule has 4 nitrogen and oxygen atoms in total. The summed E-state index contributed by atoms with van der Waals surface area (Å²) in [6.07, 6.45) is 1.67. The third-order valence-corrected chi connectivity index (χ3v) is 2.28. The van der Waals surface area contributed by atoms with E-state index < -0.39 is 0 Å². The average Bonchev–Trinajstić information content (AvgIpc) is 2.79. The molecule has 0 saturated heterocycles. The van der Waals surface area contributed by atoms with Gasteiger partial charge in [-0.25, -0.2) is 0 Å². The number of hydrogen-bond acceptors (Lipinski definition) is 4. The molecule has 0 aliphatic carbocycles. The van der Waals surface area contributed by atoms with Gasteiger partial charge in [-0.05, 0) is 26.0 Å². The van der Waals surface area contributed by atoms with E-state index in [0.717, 1.165) is 12.4 Å². The summed E-state index contributed by atoms with van der Waals surface area (Å²) in [4.78, 5) is 0. The van der Waals surface area contributed by atoms with Crippen molar-refractivity contribution < 1.29 is 13.9 Å². The Hall–Kier alpha value is -0.840. The maximum atomic E-state index is 5.37. The van der Waals surface area contributed by atoms with Gasteiger partial charge in [0.25, 0.3) is 0 Å². The summed E-state index contributed by atoms with van der Waals surface area (Å²) in [5.41, 5.74) is 0. The van der Waals surface area contributed by atoms with Crippen LogP contribution in [-0.4, -0.2) is 33.0 Å². The highest BCUT2D eigenvalue weighted by atomic mass is 16.5. The maximum absolute atomic E-state index is 5.37. The lowest BCUT2D eigenvalue weighted by molar-refractivity contribution is 0.106. The van der Waals surface area contributed by atoms with Gasteiger partial charge in [-0.15, -0.1) is 0 Å². The molecule has 0 radical (unpaired) electrons. The van der Waals surface area contributed by atoms with Crippen LogP contribution in [0.5, 0.6) is 0 Å². The van der Waals surface area contributed by atoms with E-state index in [9.17, 15) is 0 Å². The summed E-state index contributed by atoms with van der Waals surface area (Å²) < 4.78 is 15.9. The molecule has 1 aromatic heterocycles. The molecule has 0 aliphatic rings. The van der Waals surface area contributed by atoms with Crippen molar-refractivity contribution in [2.24, 2.45) is 0 Å². The van der Waals surface area contributed by atoms with Crippen LogP contribution in [0.25, 0.3) is 0 Å². The standard InChI is InChI=1S/C12H21NO3/c1-4-15-8-10(2)13-11(9-14-3)12-6-5-7-16-12/h5-7,10-11,13H,4,8-9H2,1-3H3. The quantitative estimate of drug-likeness (QED) is 0.737. The number of nitrogens with one attached hydrogen (secondary N) is 1. The number of ether oxygens (including phenoxy) is 2. The third-order valence-electron chi connectivity index (χ3n) is 2.28. The molecule has 92 valence electrons. The van der Waals surface area contributed by atoms with Crippen LogP contribution < -0.4 is 5.32 Å². The van der Waals surface area contributed by atoms with Gasteiger partial charge < -0.3 is 19.2 Å². The second-order valence-corrected chi connectivity index (χ2v) is 3.75. The van der Waals surface area contributed by atoms with Crippen molar-refractivity contribution in [2.75, 3.05) is 26.9 Å². The minimum absolute atomic E-state index is 0.0791. The smallest absolute Gasteiger partial charge is 0.123 e. The van der Waals surface area contributed by atoms with Crippen LogP contribution in [0.3, 0.4) is 0 Å². The van der Waals surface area contributed by atoms with Gasteiger partial charge in [0.2, 0.25) is 0 Å². The number of rotatable bonds is 8. The highest BCUT2D eigenvalue weighted by Gasteiger charge is 2.16. The van der Waals surface area contributed by atoms with Crippen LogP contribution >= 0.6 is 0 Å². The second-order valence-electron chi connectivity index (χ2n) is 3.75. The van der Waals surface area contributed by atoms with Crippen molar-refractivity contribution in [3.05, 3.63) is 24.2 Å². The molecule has 2 unspecified atom stereocenters. The fourth-order valence-electron chi connectivity index (χ4n) is 1.55. The molecular formula is C12H21NO3. The van der Waals surface area contributed by atoms with Crippen LogP contribution in [-0.2, 0) is 9.47 Å². The molecule has 0 bridgehead atoms. The van der Waals surface area contributed by atoms with Crippen molar-refractivity contribution in [3.63, 3.8) is 0 Å². The van der Waals surface area contributed by atoms with E-state index >= 15 is 0 Å². The molecule has 0 fully saturated rings. The van der Waals surface area contributed by atoms with Crippen molar-refractivity contribution >= 4 is 0 Å². The zero-order valence-corrected chi connectivity index (χ0v) is 10.2. The molecule has 1 aromatic rings. The summed E-state index contributed by atoms with van der Waals surface area (Å²) in [6, 6.07) is 4.18. The Bertz CT molecular complexity index is 261. The molecule has 1 heterocycles. The summed E-state index contributed by atoms with van der Waals surface area (Å²) >= 11 is 0. The SMILES string of the molecule is CCOCC(C)NC(COC)c1ccco1. The second kappa shape index (κ2) is 7.44. The van der Waals surface area contributed by atoms with Crippen molar-refractivity contribution in [1.82, 2.24) is 5.32 Å². The molecular weight excluding hydrogens is 206 g/mol. The van der Waals surface area contributed by atoms with Gasteiger partial charge in [0.15, 0.2) is 0 Å². The highest BCUT2D eigenvalue weighted by molar-refractivity contribution is 5.04. The number of hydrogen-bond donors (Lipinski definition) is 1. The largest absolute Gasteiger partial charge is 0.468 e. The molecule has 0 aromatic carbocycles. The van der Waals surface area contributed by atoms with Gasteiger partial charge in [0.05, 0.1) is 25.5 Å². The van der Waals surface area contributed by atoms with E-state index in [0.29, 0.717) is 13.2 Å². The Morgan fingerprint density at radius 1 is 1.44 bits per heavy atom. The van der Waals surface area contributed by atoms with Gasteiger partial charge in [-0.2, -0.15) is 0 Å². The van der Waals surface area contributed by atoms with E-state index in [1.165, 1.54) is 0 Å². The predicted octanol–water partition coefficient (Wildman–Crippen LogP) is 1.98. The summed E-state index contributed by atoms with van der Waals surface area (Å²) in [5, 5.41) is 3.41. The van der Waals surface area contributed by atoms with Crippen LogP contribution in [0.15, 0.2) is 22.8 Å². The molecule has 0 saturated carbocycles. The minimum Gasteiger partial charge on any atom is -0.468 e. The van der Waals surface area contributed by atoms with E-state index in [1.54, 1.807) is 13.4 Å². The first-order valence-electron chi connectivity index (χ1n) is 5.64. The fraction of sp³-hybridized carbons (Fsp3) is 0.667. The van der Waals surface area contributed by atoms with Gasteiger partial charge >= 0.3 is 0 Å². The maximum Gasteiger partial charge on any atom is 0.123 e. The summed E-state index contributed by atoms with van der Waals surface area (Å²) in [6.45, 7) is 6.09. The zero-order chi connectivity index (χ0) is 11.8. The lowest BCUT2D eigenvalue weighted by atomic mass is 10.2. The third kappa shape index (κ3) is 4.35. The Morgan fingerprint density at radius 2 is 2.25 bits per heavy atom. The zero-order valence-electron chi connectivity index (χ0n) is 10.2.